The minimum atomic E-state index is -3.67. The highest BCUT2D eigenvalue weighted by Gasteiger charge is 2.50. The van der Waals surface area contributed by atoms with Gasteiger partial charge in [0.2, 0.25) is 0 Å². The number of aliphatic hydroxyl groups is 1. The number of sulfonamides is 1. The molecule has 180 valence electrons. The van der Waals surface area contributed by atoms with E-state index in [1.807, 2.05) is 12.1 Å². The highest BCUT2D eigenvalue weighted by atomic mass is 32.2. The molecular formula is C26H32N4O3S. The molecule has 3 aromatic rings. The molecule has 3 atom stereocenters. The fourth-order valence-corrected chi connectivity index (χ4v) is 7.03. The van der Waals surface area contributed by atoms with Crippen LogP contribution >= 0.6 is 0 Å². The minimum Gasteiger partial charge on any atom is -0.395 e. The second kappa shape index (κ2) is 9.26. The first-order valence-electron chi connectivity index (χ1n) is 11.9. The predicted octanol–water partition coefficient (Wildman–Crippen LogP) is 3.01. The SMILES string of the molecule is Cc1ccccc1-c1ccc([C@H]2[C@H]3CN(S(=O)(=O)c4cn(C)cn4)CCCCN3[C@H]2CO)cc1. The molecule has 1 N–H and O–H groups in total. The van der Waals surface area contributed by atoms with Gasteiger partial charge in [-0.05, 0) is 48.6 Å². The summed E-state index contributed by atoms with van der Waals surface area (Å²) in [7, 11) is -1.89. The molecule has 0 amide bonds. The number of aryl methyl sites for hydroxylation is 2. The van der Waals surface area contributed by atoms with E-state index in [1.54, 1.807) is 22.1 Å². The normalized spacial score (nSPS) is 24.1. The molecule has 2 aliphatic heterocycles. The van der Waals surface area contributed by atoms with Gasteiger partial charge in [0.15, 0.2) is 5.03 Å². The molecule has 0 radical (unpaired) electrons. The Kier molecular flexibility index (Phi) is 6.33. The Bertz CT molecular complexity index is 1260. The number of benzene rings is 2. The molecule has 3 heterocycles. The van der Waals surface area contributed by atoms with Crippen molar-refractivity contribution in [2.75, 3.05) is 26.2 Å². The van der Waals surface area contributed by atoms with Crippen LogP contribution in [-0.4, -0.2) is 70.6 Å². The maximum Gasteiger partial charge on any atom is 0.262 e. The number of imidazole rings is 1. The maximum atomic E-state index is 13.4. The van der Waals surface area contributed by atoms with E-state index in [9.17, 15) is 13.5 Å². The summed E-state index contributed by atoms with van der Waals surface area (Å²) in [6, 6.07) is 16.9. The van der Waals surface area contributed by atoms with Gasteiger partial charge >= 0.3 is 0 Å². The number of nitrogens with zero attached hydrogens (tertiary/aromatic N) is 4. The van der Waals surface area contributed by atoms with Gasteiger partial charge in [0, 0.05) is 44.3 Å². The van der Waals surface area contributed by atoms with Gasteiger partial charge in [-0.15, -0.1) is 0 Å². The van der Waals surface area contributed by atoms with Crippen molar-refractivity contribution in [1.29, 1.82) is 0 Å². The largest absolute Gasteiger partial charge is 0.395 e. The highest BCUT2D eigenvalue weighted by Crippen LogP contribution is 2.43. The summed E-state index contributed by atoms with van der Waals surface area (Å²) in [5.41, 5.74) is 4.75. The minimum absolute atomic E-state index is 0.00631. The van der Waals surface area contributed by atoms with Crippen LogP contribution in [0.1, 0.15) is 29.9 Å². The number of rotatable bonds is 5. The fourth-order valence-electron chi connectivity index (χ4n) is 5.56. The number of hydrogen-bond acceptors (Lipinski definition) is 5. The van der Waals surface area contributed by atoms with Crippen LogP contribution in [0.3, 0.4) is 0 Å². The van der Waals surface area contributed by atoms with Crippen LogP contribution in [-0.2, 0) is 17.1 Å². The lowest BCUT2D eigenvalue weighted by Gasteiger charge is -2.57. The molecule has 0 aliphatic carbocycles. The Hall–Kier alpha value is -2.52. The zero-order valence-corrected chi connectivity index (χ0v) is 20.5. The van der Waals surface area contributed by atoms with Gasteiger partial charge in [-0.1, -0.05) is 48.5 Å². The molecule has 0 saturated carbocycles. The number of hydrogen-bond donors (Lipinski definition) is 1. The van der Waals surface area contributed by atoms with Gasteiger partial charge in [-0.2, -0.15) is 4.31 Å². The van der Waals surface area contributed by atoms with E-state index >= 15 is 0 Å². The second-order valence-electron chi connectivity index (χ2n) is 9.47. The van der Waals surface area contributed by atoms with E-state index in [2.05, 4.69) is 53.2 Å². The maximum absolute atomic E-state index is 13.4. The molecule has 2 fully saturated rings. The Morgan fingerprint density at radius 2 is 1.79 bits per heavy atom. The Labute approximate surface area is 201 Å². The van der Waals surface area contributed by atoms with Crippen molar-refractivity contribution < 1.29 is 13.5 Å². The van der Waals surface area contributed by atoms with E-state index < -0.39 is 10.0 Å². The quantitative estimate of drug-likeness (QED) is 0.607. The van der Waals surface area contributed by atoms with Crippen molar-refractivity contribution in [3.63, 3.8) is 0 Å². The van der Waals surface area contributed by atoms with Crippen LogP contribution in [0.2, 0.25) is 0 Å². The van der Waals surface area contributed by atoms with Crippen molar-refractivity contribution >= 4 is 10.0 Å². The van der Waals surface area contributed by atoms with Gasteiger partial charge in [-0.25, -0.2) is 13.4 Å². The summed E-state index contributed by atoms with van der Waals surface area (Å²) in [5, 5.41) is 10.3. The lowest BCUT2D eigenvalue weighted by Crippen LogP contribution is -2.67. The summed E-state index contributed by atoms with van der Waals surface area (Å²) in [4.78, 5) is 6.40. The first-order valence-corrected chi connectivity index (χ1v) is 13.3. The third-order valence-electron chi connectivity index (χ3n) is 7.37. The van der Waals surface area contributed by atoms with Gasteiger partial charge in [0.25, 0.3) is 10.0 Å². The lowest BCUT2D eigenvalue weighted by molar-refractivity contribution is -0.0554. The van der Waals surface area contributed by atoms with E-state index in [4.69, 9.17) is 0 Å². The van der Waals surface area contributed by atoms with Crippen LogP contribution in [0.4, 0.5) is 0 Å². The van der Waals surface area contributed by atoms with Crippen LogP contribution in [0.15, 0.2) is 66.1 Å². The molecule has 5 rings (SSSR count). The number of aromatic nitrogens is 2. The first kappa shape index (κ1) is 23.2. The second-order valence-corrected chi connectivity index (χ2v) is 11.4. The third-order valence-corrected chi connectivity index (χ3v) is 9.12. The summed E-state index contributed by atoms with van der Waals surface area (Å²) >= 11 is 0. The van der Waals surface area contributed by atoms with E-state index in [1.165, 1.54) is 17.5 Å². The fraction of sp³-hybridized carbons (Fsp3) is 0.423. The third kappa shape index (κ3) is 4.09. The van der Waals surface area contributed by atoms with Crippen molar-refractivity contribution in [2.45, 2.75) is 42.8 Å². The molecule has 0 spiro atoms. The standard InChI is InChI=1S/C26H32N4O3S/c1-19-7-3-4-8-22(19)20-9-11-21(12-10-20)26-23-15-29(13-5-6-14-30(23)24(26)17-31)34(32,33)25-16-28(2)18-27-25/h3-4,7-12,16,18,23-24,26,31H,5-6,13-15,17H2,1-2H3/t23-,24+,26+/m1/s1. The van der Waals surface area contributed by atoms with Crippen LogP contribution in [0.5, 0.6) is 0 Å². The van der Waals surface area contributed by atoms with Gasteiger partial charge < -0.3 is 9.67 Å². The summed E-state index contributed by atoms with van der Waals surface area (Å²) in [6.45, 7) is 3.95. The topological polar surface area (TPSA) is 78.7 Å². The van der Waals surface area contributed by atoms with Crippen molar-refractivity contribution in [3.8, 4) is 11.1 Å². The number of fused-ring (bicyclic) bond motifs is 1. The molecule has 2 aromatic carbocycles. The molecule has 2 aliphatic rings. The lowest BCUT2D eigenvalue weighted by atomic mass is 9.74. The monoisotopic (exact) mass is 480 g/mol. The zero-order valence-electron chi connectivity index (χ0n) is 19.7. The van der Waals surface area contributed by atoms with Crippen molar-refractivity contribution in [2.24, 2.45) is 7.05 Å². The van der Waals surface area contributed by atoms with Crippen molar-refractivity contribution in [3.05, 3.63) is 72.2 Å². The summed E-state index contributed by atoms with van der Waals surface area (Å²) in [6.07, 6.45) is 4.78. The molecular weight excluding hydrogens is 448 g/mol. The molecule has 8 heteroatoms. The summed E-state index contributed by atoms with van der Waals surface area (Å²) in [5.74, 6) is 0.0791. The predicted molar refractivity (Wildman–Crippen MR) is 132 cm³/mol. The van der Waals surface area contributed by atoms with Gasteiger partial charge in [-0.3, -0.25) is 4.90 Å². The van der Waals surface area contributed by atoms with Crippen LogP contribution < -0.4 is 0 Å². The van der Waals surface area contributed by atoms with E-state index in [0.717, 1.165) is 30.5 Å². The van der Waals surface area contributed by atoms with E-state index in [-0.39, 0.29) is 29.6 Å². The van der Waals surface area contributed by atoms with Crippen LogP contribution in [0, 0.1) is 6.92 Å². The Balaban J connectivity index is 1.43. The molecule has 0 bridgehead atoms. The average Bonchev–Trinajstić information content (AvgIpc) is 3.26. The van der Waals surface area contributed by atoms with E-state index in [0.29, 0.717) is 13.1 Å². The molecule has 2 saturated heterocycles. The Morgan fingerprint density at radius 1 is 1.06 bits per heavy atom. The zero-order chi connectivity index (χ0) is 23.9. The van der Waals surface area contributed by atoms with Crippen molar-refractivity contribution in [1.82, 2.24) is 18.8 Å². The smallest absolute Gasteiger partial charge is 0.262 e. The van der Waals surface area contributed by atoms with Crippen LogP contribution in [0.25, 0.3) is 11.1 Å². The average molecular weight is 481 g/mol. The molecule has 34 heavy (non-hydrogen) atoms. The molecule has 1 aromatic heterocycles. The highest BCUT2D eigenvalue weighted by molar-refractivity contribution is 7.89. The Morgan fingerprint density at radius 3 is 2.47 bits per heavy atom. The number of aliphatic hydroxyl groups excluding tert-OH is 1. The van der Waals surface area contributed by atoms with Gasteiger partial charge in [0.1, 0.15) is 0 Å². The van der Waals surface area contributed by atoms with Gasteiger partial charge in [0.05, 0.1) is 12.9 Å². The summed E-state index contributed by atoms with van der Waals surface area (Å²) < 4.78 is 30.0. The molecule has 7 nitrogen and oxygen atoms in total. The first-order chi connectivity index (χ1) is 16.4. The molecule has 0 unspecified atom stereocenters.